The lowest BCUT2D eigenvalue weighted by molar-refractivity contribution is 0.606. The summed E-state index contributed by atoms with van der Waals surface area (Å²) in [5.41, 5.74) is 6.98. The molecule has 0 saturated carbocycles. The number of hydrazone groups is 2. The minimum absolute atomic E-state index is 0.757. The Hall–Kier alpha value is -3.86. The van der Waals surface area contributed by atoms with Gasteiger partial charge < -0.3 is 4.42 Å². The molecule has 6 rings (SSSR count). The summed E-state index contributed by atoms with van der Waals surface area (Å²) in [5.74, 6) is 0.757. The van der Waals surface area contributed by atoms with Crippen molar-refractivity contribution in [2.75, 3.05) is 23.1 Å². The molecule has 5 heteroatoms. The van der Waals surface area contributed by atoms with Crippen LogP contribution in [0.15, 0.2) is 87.4 Å². The lowest BCUT2D eigenvalue weighted by Gasteiger charge is -2.26. The third-order valence-corrected chi connectivity index (χ3v) is 6.41. The summed E-state index contributed by atoms with van der Waals surface area (Å²) in [6, 6.07) is 25.2. The van der Waals surface area contributed by atoms with Gasteiger partial charge in [-0.2, -0.15) is 10.2 Å². The summed E-state index contributed by atoms with van der Waals surface area (Å²) in [5, 5.41) is 14.7. The van der Waals surface area contributed by atoms with Crippen LogP contribution in [0.1, 0.15) is 35.3 Å². The monoisotopic (exact) mass is 434 g/mol. The number of rotatable bonds is 4. The number of hydrogen-bond donors (Lipinski definition) is 0. The highest BCUT2D eigenvalue weighted by molar-refractivity contribution is 5.91. The van der Waals surface area contributed by atoms with Crippen LogP contribution in [0.25, 0.3) is 11.0 Å². The molecule has 0 saturated heterocycles. The molecular formula is C28H26N4O. The van der Waals surface area contributed by atoms with E-state index in [1.165, 1.54) is 22.5 Å². The van der Waals surface area contributed by atoms with E-state index in [2.05, 4.69) is 70.7 Å². The van der Waals surface area contributed by atoms with Crippen molar-refractivity contribution < 1.29 is 4.42 Å². The third-order valence-electron chi connectivity index (χ3n) is 6.41. The zero-order chi connectivity index (χ0) is 22.0. The van der Waals surface area contributed by atoms with Gasteiger partial charge >= 0.3 is 0 Å². The third kappa shape index (κ3) is 4.02. The van der Waals surface area contributed by atoms with Crippen molar-refractivity contribution in [3.63, 3.8) is 0 Å². The van der Waals surface area contributed by atoms with Gasteiger partial charge in [0.1, 0.15) is 11.3 Å². The van der Waals surface area contributed by atoms with Gasteiger partial charge in [-0.1, -0.05) is 48.5 Å². The molecule has 2 aliphatic heterocycles. The van der Waals surface area contributed by atoms with E-state index in [0.717, 1.165) is 61.1 Å². The van der Waals surface area contributed by atoms with Crippen LogP contribution in [0.2, 0.25) is 0 Å². The molecular weight excluding hydrogens is 408 g/mol. The average Bonchev–Trinajstić information content (AvgIpc) is 3.28. The van der Waals surface area contributed by atoms with Crippen LogP contribution in [0.5, 0.6) is 0 Å². The van der Waals surface area contributed by atoms with E-state index in [0.29, 0.717) is 0 Å². The molecule has 4 aromatic rings. The fourth-order valence-corrected chi connectivity index (χ4v) is 4.74. The van der Waals surface area contributed by atoms with Crippen LogP contribution in [-0.4, -0.2) is 25.5 Å². The Morgan fingerprint density at radius 3 is 2.03 bits per heavy atom. The summed E-state index contributed by atoms with van der Waals surface area (Å²) in [6.07, 6.45) is 8.20. The minimum Gasteiger partial charge on any atom is -0.455 e. The predicted molar refractivity (Wildman–Crippen MR) is 136 cm³/mol. The molecule has 2 aliphatic rings. The molecule has 3 aromatic carbocycles. The Labute approximate surface area is 193 Å². The van der Waals surface area contributed by atoms with E-state index in [-0.39, 0.29) is 0 Å². The Kier molecular flexibility index (Phi) is 5.15. The van der Waals surface area contributed by atoms with Crippen molar-refractivity contribution in [2.24, 2.45) is 10.2 Å². The number of fused-ring (bicyclic) bond motifs is 3. The van der Waals surface area contributed by atoms with Crippen LogP contribution in [-0.2, 0) is 12.8 Å². The largest absolute Gasteiger partial charge is 0.455 e. The normalized spacial score (nSPS) is 16.0. The second-order valence-corrected chi connectivity index (χ2v) is 8.65. The summed E-state index contributed by atoms with van der Waals surface area (Å²) in [7, 11) is 0. The number of benzene rings is 3. The van der Waals surface area contributed by atoms with Gasteiger partial charge in [-0.25, -0.2) is 0 Å². The standard InChI is InChI=1S/C28H26N4O/c1-3-11-26-22(7-1)9-5-15-31(26)29-19-21-13-14-24-18-25(33-28(24)17-21)20-30-32-16-6-10-23-8-2-4-12-27(23)32/h1-4,7-8,11-14,17-20H,5-6,9-10,15-16H2. The number of nitrogens with zero attached hydrogens (tertiary/aromatic N) is 4. The highest BCUT2D eigenvalue weighted by atomic mass is 16.3. The summed E-state index contributed by atoms with van der Waals surface area (Å²) < 4.78 is 6.08. The van der Waals surface area contributed by atoms with Gasteiger partial charge in [0.05, 0.1) is 23.8 Å². The molecule has 0 N–H and O–H groups in total. The molecule has 0 unspecified atom stereocenters. The van der Waals surface area contributed by atoms with E-state index in [1.54, 1.807) is 0 Å². The molecule has 0 fully saturated rings. The fourth-order valence-electron chi connectivity index (χ4n) is 4.74. The van der Waals surface area contributed by atoms with E-state index >= 15 is 0 Å². The number of hydrogen-bond acceptors (Lipinski definition) is 5. The van der Waals surface area contributed by atoms with Gasteiger partial charge in [0.15, 0.2) is 0 Å². The Bertz CT molecular complexity index is 1290. The van der Waals surface area contributed by atoms with Crippen molar-refractivity contribution >= 4 is 34.8 Å². The molecule has 0 amide bonds. The Balaban J connectivity index is 1.21. The van der Waals surface area contributed by atoms with Crippen LogP contribution in [0.3, 0.4) is 0 Å². The lowest BCUT2D eigenvalue weighted by atomic mass is 10.0. The molecule has 164 valence electrons. The van der Waals surface area contributed by atoms with Gasteiger partial charge in [-0.15, -0.1) is 0 Å². The smallest absolute Gasteiger partial charge is 0.148 e. The molecule has 0 aliphatic carbocycles. The van der Waals surface area contributed by atoms with Crippen LogP contribution in [0.4, 0.5) is 11.4 Å². The highest BCUT2D eigenvalue weighted by Gasteiger charge is 2.16. The summed E-state index contributed by atoms with van der Waals surface area (Å²) >= 11 is 0. The fraction of sp³-hybridized carbons (Fsp3) is 0.214. The maximum Gasteiger partial charge on any atom is 0.148 e. The Morgan fingerprint density at radius 2 is 1.33 bits per heavy atom. The van der Waals surface area contributed by atoms with Gasteiger partial charge in [-0.3, -0.25) is 10.0 Å². The predicted octanol–water partition coefficient (Wildman–Crippen LogP) is 6.01. The van der Waals surface area contributed by atoms with Crippen molar-refractivity contribution in [1.82, 2.24) is 0 Å². The number of anilines is 2. The number of furan rings is 1. The zero-order valence-electron chi connectivity index (χ0n) is 18.5. The van der Waals surface area contributed by atoms with Gasteiger partial charge in [0.25, 0.3) is 0 Å². The van der Waals surface area contributed by atoms with E-state index in [4.69, 9.17) is 14.6 Å². The van der Waals surface area contributed by atoms with Crippen LogP contribution < -0.4 is 10.0 Å². The van der Waals surface area contributed by atoms with Crippen LogP contribution in [0, 0.1) is 0 Å². The first kappa shape index (κ1) is 19.8. The quantitative estimate of drug-likeness (QED) is 0.370. The van der Waals surface area contributed by atoms with Crippen LogP contribution >= 0.6 is 0 Å². The molecule has 1 aromatic heterocycles. The van der Waals surface area contributed by atoms with Crippen molar-refractivity contribution in [2.45, 2.75) is 25.7 Å². The minimum atomic E-state index is 0.757. The highest BCUT2D eigenvalue weighted by Crippen LogP contribution is 2.28. The first-order valence-corrected chi connectivity index (χ1v) is 11.7. The van der Waals surface area contributed by atoms with Crippen molar-refractivity contribution in [3.05, 3.63) is 95.2 Å². The molecule has 0 spiro atoms. The molecule has 5 nitrogen and oxygen atoms in total. The molecule has 3 heterocycles. The van der Waals surface area contributed by atoms with Gasteiger partial charge in [0.2, 0.25) is 0 Å². The van der Waals surface area contributed by atoms with E-state index in [1.807, 2.05) is 24.6 Å². The molecule has 0 radical (unpaired) electrons. The van der Waals surface area contributed by atoms with E-state index in [9.17, 15) is 0 Å². The average molecular weight is 435 g/mol. The zero-order valence-corrected chi connectivity index (χ0v) is 18.5. The molecule has 0 atom stereocenters. The van der Waals surface area contributed by atoms with Crippen molar-refractivity contribution in [1.29, 1.82) is 0 Å². The lowest BCUT2D eigenvalue weighted by Crippen LogP contribution is -2.24. The molecule has 0 bridgehead atoms. The van der Waals surface area contributed by atoms with Gasteiger partial charge in [-0.05, 0) is 66.6 Å². The topological polar surface area (TPSA) is 44.3 Å². The summed E-state index contributed by atoms with van der Waals surface area (Å²) in [4.78, 5) is 0. The Morgan fingerprint density at radius 1 is 0.697 bits per heavy atom. The van der Waals surface area contributed by atoms with E-state index < -0.39 is 0 Å². The number of para-hydroxylation sites is 2. The van der Waals surface area contributed by atoms with Gasteiger partial charge in [0, 0.05) is 18.5 Å². The maximum atomic E-state index is 6.08. The first-order valence-electron chi connectivity index (χ1n) is 11.7. The maximum absolute atomic E-state index is 6.08. The first-order chi connectivity index (χ1) is 16.3. The van der Waals surface area contributed by atoms with Crippen molar-refractivity contribution in [3.8, 4) is 0 Å². The second kappa shape index (κ2) is 8.58. The number of aryl methyl sites for hydroxylation is 2. The molecule has 33 heavy (non-hydrogen) atoms. The SMILES string of the molecule is C(=NN1CCCc2ccccc21)c1ccc2cc(C=NN3CCCc4ccccc43)oc2c1. The second-order valence-electron chi connectivity index (χ2n) is 8.65. The summed E-state index contributed by atoms with van der Waals surface area (Å²) in [6.45, 7) is 1.87.